The van der Waals surface area contributed by atoms with E-state index in [-0.39, 0.29) is 11.1 Å². The number of nitrogens with one attached hydrogen (secondary N) is 4. The van der Waals surface area contributed by atoms with Gasteiger partial charge in [-0.1, -0.05) is 13.8 Å². The first-order chi connectivity index (χ1) is 9.90. The fourth-order valence-electron chi connectivity index (χ4n) is 1.74. The molecule has 0 amide bonds. The zero-order chi connectivity index (χ0) is 15.5. The van der Waals surface area contributed by atoms with Gasteiger partial charge < -0.3 is 5.32 Å². The predicted molar refractivity (Wildman–Crippen MR) is 75.7 cm³/mol. The Bertz CT molecular complexity index is 663. The Morgan fingerprint density at radius 1 is 1.24 bits per heavy atom. The molecule has 21 heavy (non-hydrogen) atoms. The van der Waals surface area contributed by atoms with Crippen LogP contribution in [0.25, 0.3) is 0 Å². The molecule has 0 fully saturated rings. The molecule has 0 bridgehead atoms. The Morgan fingerprint density at radius 3 is 2.62 bits per heavy atom. The summed E-state index contributed by atoms with van der Waals surface area (Å²) in [6, 6.07) is -0.275. The van der Waals surface area contributed by atoms with Crippen molar-refractivity contribution in [2.24, 2.45) is 0 Å². The lowest BCUT2D eigenvalue weighted by molar-refractivity contribution is 0.549. The van der Waals surface area contributed by atoms with Crippen molar-refractivity contribution in [1.29, 1.82) is 0 Å². The number of hydrogen-bond acceptors (Lipinski definition) is 6. The number of H-pyrrole nitrogens is 2. The number of hydrogen-bond donors (Lipinski definition) is 4. The summed E-state index contributed by atoms with van der Waals surface area (Å²) in [5.41, 5.74) is 0.584. The second-order valence-corrected chi connectivity index (χ2v) is 6.62. The number of nitrogens with zero attached hydrogens (tertiary/aromatic N) is 3. The first kappa shape index (κ1) is 15.6. The van der Waals surface area contributed by atoms with E-state index in [0.717, 1.165) is 0 Å². The fourth-order valence-corrected chi connectivity index (χ4v) is 3.08. The molecular formula is C11H19N7O2S. The van der Waals surface area contributed by atoms with Gasteiger partial charge in [0.1, 0.15) is 12.2 Å². The highest BCUT2D eigenvalue weighted by molar-refractivity contribution is 7.89. The molecule has 0 spiro atoms. The first-order valence-corrected chi connectivity index (χ1v) is 8.01. The second-order valence-electron chi connectivity index (χ2n) is 4.97. The van der Waals surface area contributed by atoms with E-state index in [1.807, 2.05) is 13.8 Å². The summed E-state index contributed by atoms with van der Waals surface area (Å²) in [4.78, 5) is 3.93. The van der Waals surface area contributed by atoms with Crippen LogP contribution in [-0.2, 0) is 16.6 Å². The van der Waals surface area contributed by atoms with Crippen LogP contribution in [-0.4, -0.2) is 39.8 Å². The SMILES string of the molecule is CC(C)NCc1cn[nH]c1S(=O)(=O)NC(C)c1ncn[nH]1. The molecule has 2 rings (SSSR count). The van der Waals surface area contributed by atoms with E-state index in [4.69, 9.17) is 0 Å². The van der Waals surface area contributed by atoms with Crippen molar-refractivity contribution >= 4 is 10.0 Å². The van der Waals surface area contributed by atoms with Crippen LogP contribution in [0.4, 0.5) is 0 Å². The van der Waals surface area contributed by atoms with Gasteiger partial charge in [-0.25, -0.2) is 13.4 Å². The number of aromatic nitrogens is 5. The van der Waals surface area contributed by atoms with E-state index < -0.39 is 16.1 Å². The van der Waals surface area contributed by atoms with E-state index >= 15 is 0 Å². The minimum atomic E-state index is -3.72. The molecule has 0 saturated heterocycles. The third kappa shape index (κ3) is 3.86. The predicted octanol–water partition coefficient (Wildman–Crippen LogP) is 0.0653. The molecule has 0 aliphatic rings. The number of rotatable bonds is 7. The maximum Gasteiger partial charge on any atom is 0.258 e. The van der Waals surface area contributed by atoms with E-state index in [9.17, 15) is 8.42 Å². The van der Waals surface area contributed by atoms with Gasteiger partial charge in [0.15, 0.2) is 5.03 Å². The molecule has 0 radical (unpaired) electrons. The summed E-state index contributed by atoms with van der Waals surface area (Å²) in [5.74, 6) is 0.444. The third-order valence-corrected chi connectivity index (χ3v) is 4.38. The van der Waals surface area contributed by atoms with E-state index in [1.165, 1.54) is 12.5 Å². The lowest BCUT2D eigenvalue weighted by Gasteiger charge is -2.12. The van der Waals surface area contributed by atoms with E-state index in [2.05, 4.69) is 35.4 Å². The number of sulfonamides is 1. The van der Waals surface area contributed by atoms with Gasteiger partial charge >= 0.3 is 0 Å². The van der Waals surface area contributed by atoms with Crippen LogP contribution in [0, 0.1) is 0 Å². The van der Waals surface area contributed by atoms with Crippen LogP contribution in [0.2, 0.25) is 0 Å². The Morgan fingerprint density at radius 2 is 2.00 bits per heavy atom. The molecule has 2 aromatic heterocycles. The molecule has 2 heterocycles. The standard InChI is InChI=1S/C11H19N7O2S/c1-7(2)12-4-9-5-14-17-11(9)21(19,20)18-8(3)10-13-6-15-16-10/h5-8,12,18H,4H2,1-3H3,(H,14,17)(H,13,15,16). The smallest absolute Gasteiger partial charge is 0.258 e. The number of aromatic amines is 2. The van der Waals surface area contributed by atoms with Crippen LogP contribution in [0.3, 0.4) is 0 Å². The normalized spacial score (nSPS) is 13.7. The van der Waals surface area contributed by atoms with Crippen molar-refractivity contribution in [2.45, 2.75) is 44.4 Å². The van der Waals surface area contributed by atoms with Gasteiger partial charge in [-0.3, -0.25) is 10.2 Å². The summed E-state index contributed by atoms with van der Waals surface area (Å²) < 4.78 is 27.3. The third-order valence-electron chi connectivity index (χ3n) is 2.82. The highest BCUT2D eigenvalue weighted by Crippen LogP contribution is 2.15. The van der Waals surface area contributed by atoms with Crippen LogP contribution in [0.1, 0.15) is 38.2 Å². The molecule has 0 aliphatic carbocycles. The van der Waals surface area contributed by atoms with Crippen LogP contribution in [0.15, 0.2) is 17.6 Å². The van der Waals surface area contributed by atoms with E-state index in [0.29, 0.717) is 17.9 Å². The van der Waals surface area contributed by atoms with Gasteiger partial charge in [0.25, 0.3) is 10.0 Å². The molecule has 1 unspecified atom stereocenters. The first-order valence-electron chi connectivity index (χ1n) is 6.53. The van der Waals surface area contributed by atoms with Gasteiger partial charge in [-0.2, -0.15) is 14.9 Å². The molecule has 0 saturated carbocycles. The summed E-state index contributed by atoms with van der Waals surface area (Å²) in [5, 5.41) is 15.9. The zero-order valence-corrected chi connectivity index (χ0v) is 12.9. The zero-order valence-electron chi connectivity index (χ0n) is 12.1. The molecule has 0 aliphatic heterocycles. The maximum absolute atomic E-state index is 12.4. The minimum Gasteiger partial charge on any atom is -0.310 e. The Kier molecular flexibility index (Phi) is 4.70. The molecule has 9 nitrogen and oxygen atoms in total. The summed E-state index contributed by atoms with van der Waals surface area (Å²) in [6.45, 7) is 6.07. The van der Waals surface area contributed by atoms with Crippen LogP contribution < -0.4 is 10.0 Å². The van der Waals surface area contributed by atoms with E-state index in [1.54, 1.807) is 6.92 Å². The van der Waals surface area contributed by atoms with Crippen molar-refractivity contribution in [2.75, 3.05) is 0 Å². The molecular weight excluding hydrogens is 294 g/mol. The lowest BCUT2D eigenvalue weighted by atomic mass is 10.3. The van der Waals surface area contributed by atoms with Gasteiger partial charge in [0.05, 0.1) is 12.2 Å². The molecule has 0 aromatic carbocycles. The summed E-state index contributed by atoms with van der Waals surface area (Å²) in [6.07, 6.45) is 2.83. The molecule has 116 valence electrons. The quantitative estimate of drug-likeness (QED) is 0.572. The molecule has 2 aromatic rings. The van der Waals surface area contributed by atoms with Crippen molar-refractivity contribution < 1.29 is 8.42 Å². The Labute approximate surface area is 123 Å². The highest BCUT2D eigenvalue weighted by Gasteiger charge is 2.24. The Hall–Kier alpha value is -1.78. The topological polar surface area (TPSA) is 128 Å². The van der Waals surface area contributed by atoms with Crippen molar-refractivity contribution in [3.8, 4) is 0 Å². The monoisotopic (exact) mass is 313 g/mol. The summed E-state index contributed by atoms with van der Waals surface area (Å²) in [7, 11) is -3.72. The largest absolute Gasteiger partial charge is 0.310 e. The molecule has 4 N–H and O–H groups in total. The van der Waals surface area contributed by atoms with Gasteiger partial charge in [0.2, 0.25) is 0 Å². The van der Waals surface area contributed by atoms with Crippen LogP contribution in [0.5, 0.6) is 0 Å². The van der Waals surface area contributed by atoms with Gasteiger partial charge in [0, 0.05) is 18.2 Å². The Balaban J connectivity index is 2.14. The highest BCUT2D eigenvalue weighted by atomic mass is 32.2. The summed E-state index contributed by atoms with van der Waals surface area (Å²) >= 11 is 0. The van der Waals surface area contributed by atoms with Crippen LogP contribution >= 0.6 is 0 Å². The van der Waals surface area contributed by atoms with Crippen molar-refractivity contribution in [3.05, 3.63) is 23.9 Å². The van der Waals surface area contributed by atoms with Crippen molar-refractivity contribution in [1.82, 2.24) is 35.4 Å². The lowest BCUT2D eigenvalue weighted by Crippen LogP contribution is -2.30. The van der Waals surface area contributed by atoms with Gasteiger partial charge in [-0.15, -0.1) is 0 Å². The van der Waals surface area contributed by atoms with Gasteiger partial charge in [-0.05, 0) is 6.92 Å². The average Bonchev–Trinajstić information content (AvgIpc) is 3.07. The fraction of sp³-hybridized carbons (Fsp3) is 0.545. The minimum absolute atomic E-state index is 0.0574. The maximum atomic E-state index is 12.4. The average molecular weight is 313 g/mol. The molecule has 1 atom stereocenters. The molecule has 10 heteroatoms. The van der Waals surface area contributed by atoms with Crippen molar-refractivity contribution in [3.63, 3.8) is 0 Å². The second kappa shape index (κ2) is 6.33.